The fourth-order valence-electron chi connectivity index (χ4n) is 2.99. The molecule has 2 N–H and O–H groups in total. The van der Waals surface area contributed by atoms with Gasteiger partial charge in [0.1, 0.15) is 6.61 Å². The molecule has 0 bridgehead atoms. The quantitative estimate of drug-likeness (QED) is 0.340. The highest BCUT2D eigenvalue weighted by Gasteiger charge is 2.14. The molecule has 8 heteroatoms. The van der Waals surface area contributed by atoms with Crippen molar-refractivity contribution in [3.8, 4) is 17.4 Å². The van der Waals surface area contributed by atoms with Crippen LogP contribution < -0.4 is 24.8 Å². The van der Waals surface area contributed by atoms with Crippen LogP contribution in [0.3, 0.4) is 0 Å². The van der Waals surface area contributed by atoms with Gasteiger partial charge in [-0.1, -0.05) is 23.8 Å². The van der Waals surface area contributed by atoms with Crippen molar-refractivity contribution in [1.82, 2.24) is 10.3 Å². The SMILES string of the molecule is CCOc1cc(CNCCOc2ccccn2)cc(Br)c1OCC(=O)Nc1ccc(C)cc1. The molecule has 0 fully saturated rings. The van der Waals surface area contributed by atoms with Crippen molar-refractivity contribution in [2.24, 2.45) is 0 Å². The first-order valence-corrected chi connectivity index (χ1v) is 11.5. The van der Waals surface area contributed by atoms with E-state index in [0.717, 1.165) is 21.3 Å². The van der Waals surface area contributed by atoms with E-state index in [-0.39, 0.29) is 12.5 Å². The summed E-state index contributed by atoms with van der Waals surface area (Å²) in [5.41, 5.74) is 2.87. The lowest BCUT2D eigenvalue weighted by atomic mass is 10.2. The molecule has 0 radical (unpaired) electrons. The molecule has 0 unspecified atom stereocenters. The van der Waals surface area contributed by atoms with Crippen LogP contribution >= 0.6 is 15.9 Å². The lowest BCUT2D eigenvalue weighted by molar-refractivity contribution is -0.118. The van der Waals surface area contributed by atoms with Gasteiger partial charge in [0, 0.05) is 31.0 Å². The average molecular weight is 514 g/mol. The maximum atomic E-state index is 12.3. The van der Waals surface area contributed by atoms with Crippen molar-refractivity contribution in [3.05, 3.63) is 76.4 Å². The van der Waals surface area contributed by atoms with Crippen LogP contribution in [0.5, 0.6) is 17.4 Å². The summed E-state index contributed by atoms with van der Waals surface area (Å²) >= 11 is 3.55. The monoisotopic (exact) mass is 513 g/mol. The molecule has 0 spiro atoms. The zero-order valence-corrected chi connectivity index (χ0v) is 20.4. The smallest absolute Gasteiger partial charge is 0.262 e. The van der Waals surface area contributed by atoms with Gasteiger partial charge in [-0.2, -0.15) is 0 Å². The van der Waals surface area contributed by atoms with E-state index >= 15 is 0 Å². The van der Waals surface area contributed by atoms with Crippen LogP contribution in [0, 0.1) is 6.92 Å². The Morgan fingerprint density at radius 2 is 1.88 bits per heavy atom. The van der Waals surface area contributed by atoms with E-state index in [1.165, 1.54) is 0 Å². The normalized spacial score (nSPS) is 10.5. The Hall–Kier alpha value is -3.10. The third kappa shape index (κ3) is 8.07. The molecule has 3 aromatic rings. The molecule has 1 heterocycles. The predicted octanol–water partition coefficient (Wildman–Crippen LogP) is 4.74. The second kappa shape index (κ2) is 12.8. The first-order valence-electron chi connectivity index (χ1n) is 10.7. The number of nitrogens with one attached hydrogen (secondary N) is 2. The van der Waals surface area contributed by atoms with Crippen LogP contribution in [0.15, 0.2) is 65.3 Å². The van der Waals surface area contributed by atoms with E-state index in [0.29, 0.717) is 43.7 Å². The van der Waals surface area contributed by atoms with Crippen molar-refractivity contribution in [2.45, 2.75) is 20.4 Å². The molecule has 3 rings (SSSR count). The molecule has 33 heavy (non-hydrogen) atoms. The number of pyridine rings is 1. The average Bonchev–Trinajstić information content (AvgIpc) is 2.81. The van der Waals surface area contributed by atoms with Gasteiger partial charge in [-0.05, 0) is 65.7 Å². The number of carbonyl (C=O) groups excluding carboxylic acids is 1. The molecule has 0 saturated heterocycles. The summed E-state index contributed by atoms with van der Waals surface area (Å²) in [6.07, 6.45) is 1.70. The second-order valence-electron chi connectivity index (χ2n) is 7.23. The zero-order valence-electron chi connectivity index (χ0n) is 18.8. The van der Waals surface area contributed by atoms with E-state index < -0.39 is 0 Å². The van der Waals surface area contributed by atoms with Crippen molar-refractivity contribution in [2.75, 3.05) is 31.7 Å². The summed E-state index contributed by atoms with van der Waals surface area (Å²) in [5, 5.41) is 6.16. The number of aryl methyl sites for hydroxylation is 1. The Labute approximate surface area is 202 Å². The molecule has 174 valence electrons. The molecule has 2 aromatic carbocycles. The zero-order chi connectivity index (χ0) is 23.5. The first kappa shape index (κ1) is 24.5. The van der Waals surface area contributed by atoms with Gasteiger partial charge in [0.2, 0.25) is 5.88 Å². The largest absolute Gasteiger partial charge is 0.490 e. The van der Waals surface area contributed by atoms with Crippen LogP contribution in [-0.4, -0.2) is 37.3 Å². The Balaban J connectivity index is 1.52. The lowest BCUT2D eigenvalue weighted by Crippen LogP contribution is -2.21. The third-order valence-corrected chi connectivity index (χ3v) is 5.14. The third-order valence-electron chi connectivity index (χ3n) is 4.55. The number of amides is 1. The van der Waals surface area contributed by atoms with E-state index in [2.05, 4.69) is 31.5 Å². The fraction of sp³-hybridized carbons (Fsp3) is 0.280. The van der Waals surface area contributed by atoms with Crippen molar-refractivity contribution < 1.29 is 19.0 Å². The Morgan fingerprint density at radius 1 is 1.06 bits per heavy atom. The van der Waals surface area contributed by atoms with Crippen LogP contribution in [0.4, 0.5) is 5.69 Å². The van der Waals surface area contributed by atoms with Gasteiger partial charge in [-0.3, -0.25) is 4.79 Å². The molecular weight excluding hydrogens is 486 g/mol. The van der Waals surface area contributed by atoms with Crippen LogP contribution in [-0.2, 0) is 11.3 Å². The molecule has 0 aliphatic carbocycles. The molecule has 0 saturated carbocycles. The molecule has 0 aliphatic rings. The minimum absolute atomic E-state index is 0.130. The number of benzene rings is 2. The summed E-state index contributed by atoms with van der Waals surface area (Å²) < 4.78 is 17.9. The van der Waals surface area contributed by atoms with Crippen LogP contribution in [0.1, 0.15) is 18.1 Å². The van der Waals surface area contributed by atoms with E-state index in [9.17, 15) is 4.79 Å². The number of aromatic nitrogens is 1. The summed E-state index contributed by atoms with van der Waals surface area (Å²) in [6.45, 7) is 6.04. The number of nitrogens with zero attached hydrogens (tertiary/aromatic N) is 1. The molecule has 7 nitrogen and oxygen atoms in total. The van der Waals surface area contributed by atoms with Gasteiger partial charge >= 0.3 is 0 Å². The number of halogens is 1. The number of ether oxygens (including phenoxy) is 3. The van der Waals surface area contributed by atoms with Gasteiger partial charge < -0.3 is 24.8 Å². The highest BCUT2D eigenvalue weighted by atomic mass is 79.9. The number of hydrogen-bond donors (Lipinski definition) is 2. The number of anilines is 1. The van der Waals surface area contributed by atoms with E-state index in [4.69, 9.17) is 14.2 Å². The first-order chi connectivity index (χ1) is 16.0. The summed E-state index contributed by atoms with van der Waals surface area (Å²) in [5.74, 6) is 1.44. The summed E-state index contributed by atoms with van der Waals surface area (Å²) in [4.78, 5) is 16.4. The van der Waals surface area contributed by atoms with Crippen LogP contribution in [0.2, 0.25) is 0 Å². The Kier molecular flexibility index (Phi) is 9.53. The molecule has 0 aliphatic heterocycles. The number of hydrogen-bond acceptors (Lipinski definition) is 6. The highest BCUT2D eigenvalue weighted by Crippen LogP contribution is 2.37. The number of rotatable bonds is 12. The number of carbonyl (C=O) groups is 1. The second-order valence-corrected chi connectivity index (χ2v) is 8.09. The lowest BCUT2D eigenvalue weighted by Gasteiger charge is -2.16. The Morgan fingerprint density at radius 3 is 2.61 bits per heavy atom. The van der Waals surface area contributed by atoms with Gasteiger partial charge in [-0.25, -0.2) is 4.98 Å². The van der Waals surface area contributed by atoms with Crippen molar-refractivity contribution in [3.63, 3.8) is 0 Å². The van der Waals surface area contributed by atoms with Crippen molar-refractivity contribution >= 4 is 27.5 Å². The maximum Gasteiger partial charge on any atom is 0.262 e. The standard InChI is InChI=1S/C25H28BrN3O4/c1-3-31-22-15-19(16-27-12-13-32-24-6-4-5-11-28-24)14-21(26)25(22)33-17-23(30)29-20-9-7-18(2)8-10-20/h4-11,14-15,27H,3,12-13,16-17H2,1-2H3,(H,29,30). The minimum Gasteiger partial charge on any atom is -0.490 e. The van der Waals surface area contributed by atoms with Gasteiger partial charge in [0.25, 0.3) is 5.91 Å². The molecule has 1 aromatic heterocycles. The minimum atomic E-state index is -0.244. The van der Waals surface area contributed by atoms with Crippen LogP contribution in [0.25, 0.3) is 0 Å². The summed E-state index contributed by atoms with van der Waals surface area (Å²) in [7, 11) is 0. The molecular formula is C25H28BrN3O4. The van der Waals surface area contributed by atoms with E-state index in [1.807, 2.05) is 68.4 Å². The maximum absolute atomic E-state index is 12.3. The van der Waals surface area contributed by atoms with Gasteiger partial charge in [-0.15, -0.1) is 0 Å². The fourth-order valence-corrected chi connectivity index (χ4v) is 3.60. The Bertz CT molecular complexity index is 1030. The highest BCUT2D eigenvalue weighted by molar-refractivity contribution is 9.10. The van der Waals surface area contributed by atoms with Gasteiger partial charge in [0.05, 0.1) is 11.1 Å². The molecule has 1 amide bonds. The predicted molar refractivity (Wildman–Crippen MR) is 132 cm³/mol. The summed E-state index contributed by atoms with van der Waals surface area (Å²) in [6, 6.07) is 17.0. The molecule has 0 atom stereocenters. The van der Waals surface area contributed by atoms with Crippen molar-refractivity contribution in [1.29, 1.82) is 0 Å². The van der Waals surface area contributed by atoms with Gasteiger partial charge in [0.15, 0.2) is 18.1 Å². The topological polar surface area (TPSA) is 81.7 Å². The van der Waals surface area contributed by atoms with E-state index in [1.54, 1.807) is 6.20 Å².